The van der Waals surface area contributed by atoms with Crippen LogP contribution in [0.5, 0.6) is 0 Å². The first-order valence-electron chi connectivity index (χ1n) is 7.30. The summed E-state index contributed by atoms with van der Waals surface area (Å²) in [6, 6.07) is 16.1. The van der Waals surface area contributed by atoms with Crippen molar-refractivity contribution in [2.75, 3.05) is 29.9 Å². The number of carbonyl (C=O) groups is 2. The summed E-state index contributed by atoms with van der Waals surface area (Å²) in [6.07, 6.45) is 0. The monoisotopic (exact) mass is 329 g/mol. The van der Waals surface area contributed by atoms with Crippen LogP contribution in [0.2, 0.25) is 5.02 Å². The average molecular weight is 330 g/mol. The predicted molar refractivity (Wildman–Crippen MR) is 90.8 cm³/mol. The summed E-state index contributed by atoms with van der Waals surface area (Å²) in [5.74, 6) is -0.206. The van der Waals surface area contributed by atoms with Crippen LogP contribution in [0, 0.1) is 0 Å². The van der Waals surface area contributed by atoms with E-state index < -0.39 is 0 Å². The van der Waals surface area contributed by atoms with Crippen molar-refractivity contribution in [3.8, 4) is 0 Å². The van der Waals surface area contributed by atoms with Crippen molar-refractivity contribution in [3.63, 3.8) is 0 Å². The van der Waals surface area contributed by atoms with Gasteiger partial charge in [-0.3, -0.25) is 9.69 Å². The minimum Gasteiger partial charge on any atom is -0.325 e. The molecule has 0 spiro atoms. The molecule has 6 heteroatoms. The van der Waals surface area contributed by atoms with Crippen LogP contribution in [-0.4, -0.2) is 36.5 Å². The number of rotatable bonds is 4. The Morgan fingerprint density at radius 1 is 1.04 bits per heavy atom. The van der Waals surface area contributed by atoms with E-state index in [1.807, 2.05) is 30.3 Å². The van der Waals surface area contributed by atoms with Crippen LogP contribution >= 0.6 is 11.6 Å². The van der Waals surface area contributed by atoms with Gasteiger partial charge in [-0.1, -0.05) is 29.8 Å². The van der Waals surface area contributed by atoms with Crippen molar-refractivity contribution >= 4 is 34.9 Å². The van der Waals surface area contributed by atoms with E-state index in [9.17, 15) is 9.59 Å². The maximum atomic E-state index is 12.4. The Labute approximate surface area is 139 Å². The molecule has 1 aliphatic heterocycles. The first-order chi connectivity index (χ1) is 11.1. The fraction of sp³-hybridized carbons (Fsp3) is 0.176. The van der Waals surface area contributed by atoms with Gasteiger partial charge in [-0.2, -0.15) is 0 Å². The highest BCUT2D eigenvalue weighted by molar-refractivity contribution is 6.30. The van der Waals surface area contributed by atoms with E-state index >= 15 is 0 Å². The fourth-order valence-corrected chi connectivity index (χ4v) is 2.61. The van der Waals surface area contributed by atoms with Crippen molar-refractivity contribution in [2.24, 2.45) is 0 Å². The van der Waals surface area contributed by atoms with Gasteiger partial charge in [0.05, 0.1) is 0 Å². The highest BCUT2D eigenvalue weighted by atomic mass is 35.5. The van der Waals surface area contributed by atoms with E-state index in [2.05, 4.69) is 5.32 Å². The van der Waals surface area contributed by atoms with Crippen LogP contribution in [0.1, 0.15) is 0 Å². The lowest BCUT2D eigenvalue weighted by Crippen LogP contribution is -2.37. The van der Waals surface area contributed by atoms with Gasteiger partial charge in [0.1, 0.15) is 6.54 Å². The molecular formula is C17H16ClN3O2. The number of halogens is 1. The molecule has 0 bridgehead atoms. The second-order valence-electron chi connectivity index (χ2n) is 5.25. The number of nitrogens with one attached hydrogen (secondary N) is 1. The molecule has 1 heterocycles. The SMILES string of the molecule is O=C(CN1CCN(c2ccc(Cl)cc2)C1=O)Nc1ccccc1. The van der Waals surface area contributed by atoms with Crippen LogP contribution in [0.15, 0.2) is 54.6 Å². The Balaban J connectivity index is 1.61. The molecule has 2 aromatic carbocycles. The molecule has 2 aromatic rings. The van der Waals surface area contributed by atoms with Gasteiger partial charge < -0.3 is 10.2 Å². The van der Waals surface area contributed by atoms with Crippen LogP contribution < -0.4 is 10.2 Å². The zero-order chi connectivity index (χ0) is 16.2. The van der Waals surface area contributed by atoms with Gasteiger partial charge in [0.15, 0.2) is 0 Å². The lowest BCUT2D eigenvalue weighted by Gasteiger charge is -2.18. The molecule has 0 unspecified atom stereocenters. The molecule has 1 fully saturated rings. The summed E-state index contributed by atoms with van der Waals surface area (Å²) in [7, 11) is 0. The standard InChI is InChI=1S/C17H16ClN3O2/c18-13-6-8-15(9-7-13)21-11-10-20(17(21)23)12-16(22)19-14-4-2-1-3-5-14/h1-9H,10-12H2,(H,19,22). The number of urea groups is 1. The Hall–Kier alpha value is -2.53. The quantitative estimate of drug-likeness (QED) is 0.936. The fourth-order valence-electron chi connectivity index (χ4n) is 2.49. The minimum atomic E-state index is -0.206. The van der Waals surface area contributed by atoms with Gasteiger partial charge in [0.25, 0.3) is 0 Å². The molecule has 118 valence electrons. The molecule has 3 amide bonds. The number of nitrogens with zero attached hydrogens (tertiary/aromatic N) is 2. The Morgan fingerprint density at radius 3 is 2.43 bits per heavy atom. The van der Waals surface area contributed by atoms with Gasteiger partial charge in [0.2, 0.25) is 5.91 Å². The zero-order valence-corrected chi connectivity index (χ0v) is 13.2. The second kappa shape index (κ2) is 6.71. The highest BCUT2D eigenvalue weighted by Gasteiger charge is 2.30. The van der Waals surface area contributed by atoms with Crippen molar-refractivity contribution in [1.29, 1.82) is 0 Å². The highest BCUT2D eigenvalue weighted by Crippen LogP contribution is 2.22. The summed E-state index contributed by atoms with van der Waals surface area (Å²) in [5, 5.41) is 3.41. The summed E-state index contributed by atoms with van der Waals surface area (Å²) in [6.45, 7) is 1.11. The molecule has 0 saturated carbocycles. The first-order valence-corrected chi connectivity index (χ1v) is 7.68. The van der Waals surface area contributed by atoms with E-state index in [1.165, 1.54) is 4.90 Å². The molecule has 3 rings (SSSR count). The lowest BCUT2D eigenvalue weighted by molar-refractivity contribution is -0.116. The number of amides is 3. The average Bonchev–Trinajstić information content (AvgIpc) is 2.90. The number of benzene rings is 2. The molecule has 5 nitrogen and oxygen atoms in total. The number of hydrogen-bond acceptors (Lipinski definition) is 2. The second-order valence-corrected chi connectivity index (χ2v) is 5.68. The molecule has 0 radical (unpaired) electrons. The third-order valence-electron chi connectivity index (χ3n) is 3.63. The maximum Gasteiger partial charge on any atom is 0.325 e. The molecule has 0 atom stereocenters. The zero-order valence-electron chi connectivity index (χ0n) is 12.4. The van der Waals surface area contributed by atoms with E-state index in [0.29, 0.717) is 18.1 Å². The first kappa shape index (κ1) is 15.4. The van der Waals surface area contributed by atoms with E-state index in [4.69, 9.17) is 11.6 Å². The molecule has 0 aliphatic carbocycles. The molecule has 1 N–H and O–H groups in total. The molecular weight excluding hydrogens is 314 g/mol. The number of carbonyl (C=O) groups excluding carboxylic acids is 2. The minimum absolute atomic E-state index is 0.0395. The number of hydrogen-bond donors (Lipinski definition) is 1. The van der Waals surface area contributed by atoms with E-state index in [0.717, 1.165) is 11.4 Å². The number of para-hydroxylation sites is 1. The predicted octanol–water partition coefficient (Wildman–Crippen LogP) is 3.22. The van der Waals surface area contributed by atoms with E-state index in [1.54, 1.807) is 29.2 Å². The Kier molecular flexibility index (Phi) is 4.48. The van der Waals surface area contributed by atoms with Crippen molar-refractivity contribution in [2.45, 2.75) is 0 Å². The number of anilines is 2. The molecule has 1 aliphatic rings. The summed E-state index contributed by atoms with van der Waals surface area (Å²) >= 11 is 5.86. The van der Waals surface area contributed by atoms with Gasteiger partial charge >= 0.3 is 6.03 Å². The molecule has 0 aromatic heterocycles. The van der Waals surface area contributed by atoms with Gasteiger partial charge in [-0.05, 0) is 36.4 Å². The molecule has 1 saturated heterocycles. The summed E-state index contributed by atoms with van der Waals surface area (Å²) < 4.78 is 0. The van der Waals surface area contributed by atoms with Crippen molar-refractivity contribution in [1.82, 2.24) is 4.90 Å². The normalized spacial score (nSPS) is 14.2. The van der Waals surface area contributed by atoms with Crippen LogP contribution in [0.3, 0.4) is 0 Å². The Morgan fingerprint density at radius 2 is 1.74 bits per heavy atom. The van der Waals surface area contributed by atoms with Crippen molar-refractivity contribution in [3.05, 3.63) is 59.6 Å². The van der Waals surface area contributed by atoms with E-state index in [-0.39, 0.29) is 18.5 Å². The topological polar surface area (TPSA) is 52.7 Å². The van der Waals surface area contributed by atoms with Gasteiger partial charge in [-0.15, -0.1) is 0 Å². The third kappa shape index (κ3) is 3.63. The van der Waals surface area contributed by atoms with Crippen LogP contribution in [0.25, 0.3) is 0 Å². The van der Waals surface area contributed by atoms with Gasteiger partial charge in [-0.25, -0.2) is 4.79 Å². The summed E-state index contributed by atoms with van der Waals surface area (Å²) in [4.78, 5) is 27.7. The Bertz CT molecular complexity index is 704. The van der Waals surface area contributed by atoms with Crippen LogP contribution in [0.4, 0.5) is 16.2 Å². The van der Waals surface area contributed by atoms with Gasteiger partial charge in [0, 0.05) is 29.5 Å². The summed E-state index contributed by atoms with van der Waals surface area (Å²) in [5.41, 5.74) is 1.50. The van der Waals surface area contributed by atoms with Crippen LogP contribution in [-0.2, 0) is 4.79 Å². The largest absolute Gasteiger partial charge is 0.325 e. The lowest BCUT2D eigenvalue weighted by atomic mass is 10.3. The third-order valence-corrected chi connectivity index (χ3v) is 3.88. The molecule has 23 heavy (non-hydrogen) atoms. The maximum absolute atomic E-state index is 12.4. The van der Waals surface area contributed by atoms with Crippen molar-refractivity contribution < 1.29 is 9.59 Å². The smallest absolute Gasteiger partial charge is 0.325 e.